The third-order valence-corrected chi connectivity index (χ3v) is 3.44. The second-order valence-electron chi connectivity index (χ2n) is 5.20. The average molecular weight is 340 g/mol. The summed E-state index contributed by atoms with van der Waals surface area (Å²) in [5, 5.41) is 7.54. The van der Waals surface area contributed by atoms with E-state index in [1.54, 1.807) is 12.1 Å². The summed E-state index contributed by atoms with van der Waals surface area (Å²) in [5.74, 6) is 1.28. The molecule has 0 saturated heterocycles. The van der Waals surface area contributed by atoms with Crippen molar-refractivity contribution in [1.29, 1.82) is 0 Å². The van der Waals surface area contributed by atoms with Crippen molar-refractivity contribution < 1.29 is 0 Å². The standard InChI is InChI=1S/C15H19Cl2N5/c1-10-8-14(20-13-5-4-11(16)9-12(13)17)21-15(19-10)18-6-7-22(2)3/h4-5,8-9H,6-7H2,1-3H3,(H2,18,19,20,21). The molecule has 0 saturated carbocycles. The molecule has 1 aromatic carbocycles. The maximum absolute atomic E-state index is 6.17. The summed E-state index contributed by atoms with van der Waals surface area (Å²) < 4.78 is 0. The van der Waals surface area contributed by atoms with Crippen LogP contribution in [0.4, 0.5) is 17.5 Å². The van der Waals surface area contributed by atoms with Gasteiger partial charge >= 0.3 is 0 Å². The van der Waals surface area contributed by atoms with Crippen molar-refractivity contribution in [3.8, 4) is 0 Å². The Morgan fingerprint density at radius 3 is 2.59 bits per heavy atom. The SMILES string of the molecule is Cc1cc(Nc2ccc(Cl)cc2Cl)nc(NCCN(C)C)n1. The highest BCUT2D eigenvalue weighted by Crippen LogP contribution is 2.28. The number of hydrogen-bond acceptors (Lipinski definition) is 5. The Bertz CT molecular complexity index is 646. The molecule has 2 rings (SSSR count). The molecule has 0 aliphatic heterocycles. The van der Waals surface area contributed by atoms with Crippen LogP contribution < -0.4 is 10.6 Å². The summed E-state index contributed by atoms with van der Waals surface area (Å²) in [6.07, 6.45) is 0. The van der Waals surface area contributed by atoms with E-state index >= 15 is 0 Å². The number of likely N-dealkylation sites (N-methyl/N-ethyl adjacent to an activating group) is 1. The number of nitrogens with zero attached hydrogens (tertiary/aromatic N) is 3. The van der Waals surface area contributed by atoms with Crippen LogP contribution in [0.15, 0.2) is 24.3 Å². The van der Waals surface area contributed by atoms with Crippen molar-refractivity contribution in [3.05, 3.63) is 40.0 Å². The van der Waals surface area contributed by atoms with Gasteiger partial charge in [0.05, 0.1) is 10.7 Å². The molecule has 0 radical (unpaired) electrons. The Morgan fingerprint density at radius 2 is 1.91 bits per heavy atom. The lowest BCUT2D eigenvalue weighted by Crippen LogP contribution is -2.21. The van der Waals surface area contributed by atoms with Crippen molar-refractivity contribution in [3.63, 3.8) is 0 Å². The number of rotatable bonds is 6. The van der Waals surface area contributed by atoms with Gasteiger partial charge in [-0.3, -0.25) is 0 Å². The molecule has 2 aromatic rings. The number of aromatic nitrogens is 2. The van der Waals surface area contributed by atoms with Gasteiger partial charge in [0.25, 0.3) is 0 Å². The first kappa shape index (κ1) is 16.8. The first-order chi connectivity index (χ1) is 10.4. The van der Waals surface area contributed by atoms with Crippen LogP contribution in [0.3, 0.4) is 0 Å². The van der Waals surface area contributed by atoms with Crippen LogP contribution in [0.1, 0.15) is 5.69 Å². The molecular formula is C15H19Cl2N5. The lowest BCUT2D eigenvalue weighted by molar-refractivity contribution is 0.425. The van der Waals surface area contributed by atoms with Crippen LogP contribution >= 0.6 is 23.2 Å². The summed E-state index contributed by atoms with van der Waals surface area (Å²) >= 11 is 12.1. The number of anilines is 3. The fraction of sp³-hybridized carbons (Fsp3) is 0.333. The molecule has 0 unspecified atom stereocenters. The van der Waals surface area contributed by atoms with E-state index in [1.807, 2.05) is 33.2 Å². The first-order valence-electron chi connectivity index (χ1n) is 6.90. The largest absolute Gasteiger partial charge is 0.353 e. The topological polar surface area (TPSA) is 53.1 Å². The van der Waals surface area contributed by atoms with Gasteiger partial charge in [0, 0.05) is 29.9 Å². The Balaban J connectivity index is 2.12. The van der Waals surface area contributed by atoms with E-state index in [9.17, 15) is 0 Å². The van der Waals surface area contributed by atoms with Crippen molar-refractivity contribution in [2.45, 2.75) is 6.92 Å². The van der Waals surface area contributed by atoms with Gasteiger partial charge in [0.2, 0.25) is 5.95 Å². The Morgan fingerprint density at radius 1 is 1.14 bits per heavy atom. The highest BCUT2D eigenvalue weighted by Gasteiger charge is 2.06. The predicted molar refractivity (Wildman–Crippen MR) is 93.6 cm³/mol. The molecule has 0 atom stereocenters. The van der Waals surface area contributed by atoms with Crippen LogP contribution in [-0.4, -0.2) is 42.1 Å². The second-order valence-corrected chi connectivity index (χ2v) is 6.04. The predicted octanol–water partition coefficient (Wildman–Crippen LogP) is 3.81. The number of hydrogen-bond donors (Lipinski definition) is 2. The molecule has 7 heteroatoms. The molecule has 1 aromatic heterocycles. The fourth-order valence-electron chi connectivity index (χ4n) is 1.83. The zero-order valence-electron chi connectivity index (χ0n) is 12.8. The van der Waals surface area contributed by atoms with Crippen LogP contribution in [0.5, 0.6) is 0 Å². The number of nitrogens with one attached hydrogen (secondary N) is 2. The summed E-state index contributed by atoms with van der Waals surface area (Å²) in [6.45, 7) is 3.61. The Labute approximate surface area is 140 Å². The fourth-order valence-corrected chi connectivity index (χ4v) is 2.29. The van der Waals surface area contributed by atoms with Gasteiger partial charge in [-0.2, -0.15) is 4.98 Å². The summed E-state index contributed by atoms with van der Waals surface area (Å²) in [6, 6.07) is 7.15. The van der Waals surface area contributed by atoms with Gasteiger partial charge < -0.3 is 15.5 Å². The summed E-state index contributed by atoms with van der Waals surface area (Å²) in [5.41, 5.74) is 1.62. The van der Waals surface area contributed by atoms with Gasteiger partial charge in [-0.15, -0.1) is 0 Å². The molecule has 1 heterocycles. The van der Waals surface area contributed by atoms with Gasteiger partial charge in [-0.25, -0.2) is 4.98 Å². The van der Waals surface area contributed by atoms with Crippen molar-refractivity contribution in [1.82, 2.24) is 14.9 Å². The molecular weight excluding hydrogens is 321 g/mol. The third-order valence-electron chi connectivity index (χ3n) is 2.89. The van der Waals surface area contributed by atoms with E-state index in [0.29, 0.717) is 21.8 Å². The summed E-state index contributed by atoms with van der Waals surface area (Å²) in [7, 11) is 4.04. The molecule has 0 aliphatic rings. The van der Waals surface area contributed by atoms with Gasteiger partial charge in [0.15, 0.2) is 0 Å². The minimum absolute atomic E-state index is 0.547. The minimum atomic E-state index is 0.547. The summed E-state index contributed by atoms with van der Waals surface area (Å²) in [4.78, 5) is 10.9. The maximum Gasteiger partial charge on any atom is 0.224 e. The van der Waals surface area contributed by atoms with Crippen LogP contribution in [-0.2, 0) is 0 Å². The van der Waals surface area contributed by atoms with E-state index in [-0.39, 0.29) is 0 Å². The number of aryl methyl sites for hydroxylation is 1. The lowest BCUT2D eigenvalue weighted by atomic mass is 10.3. The molecule has 0 fully saturated rings. The van der Waals surface area contributed by atoms with Gasteiger partial charge in [0.1, 0.15) is 5.82 Å². The Kier molecular flexibility index (Phi) is 5.83. The van der Waals surface area contributed by atoms with Crippen LogP contribution in [0.25, 0.3) is 0 Å². The highest BCUT2D eigenvalue weighted by atomic mass is 35.5. The molecule has 0 amide bonds. The number of halogens is 2. The maximum atomic E-state index is 6.17. The zero-order chi connectivity index (χ0) is 16.1. The van der Waals surface area contributed by atoms with E-state index in [1.165, 1.54) is 0 Å². The molecule has 2 N–H and O–H groups in total. The monoisotopic (exact) mass is 339 g/mol. The molecule has 5 nitrogen and oxygen atoms in total. The van der Waals surface area contributed by atoms with Crippen LogP contribution in [0.2, 0.25) is 10.0 Å². The average Bonchev–Trinajstić information content (AvgIpc) is 2.41. The highest BCUT2D eigenvalue weighted by molar-refractivity contribution is 6.36. The second kappa shape index (κ2) is 7.63. The number of benzene rings is 1. The Hall–Kier alpha value is -1.56. The van der Waals surface area contributed by atoms with E-state index in [2.05, 4.69) is 25.5 Å². The van der Waals surface area contributed by atoms with Gasteiger partial charge in [-0.1, -0.05) is 23.2 Å². The first-order valence-corrected chi connectivity index (χ1v) is 7.66. The van der Waals surface area contributed by atoms with Crippen molar-refractivity contribution in [2.24, 2.45) is 0 Å². The third kappa shape index (κ3) is 5.02. The van der Waals surface area contributed by atoms with Crippen molar-refractivity contribution in [2.75, 3.05) is 37.8 Å². The van der Waals surface area contributed by atoms with Crippen LogP contribution in [0, 0.1) is 6.92 Å². The smallest absolute Gasteiger partial charge is 0.224 e. The quantitative estimate of drug-likeness (QED) is 0.838. The molecule has 0 bridgehead atoms. The minimum Gasteiger partial charge on any atom is -0.353 e. The van der Waals surface area contributed by atoms with Crippen molar-refractivity contribution >= 4 is 40.7 Å². The lowest BCUT2D eigenvalue weighted by Gasteiger charge is -2.13. The molecule has 0 aliphatic carbocycles. The van der Waals surface area contributed by atoms with Gasteiger partial charge in [-0.05, 0) is 39.2 Å². The molecule has 22 heavy (non-hydrogen) atoms. The normalized spacial score (nSPS) is 10.8. The zero-order valence-corrected chi connectivity index (χ0v) is 14.3. The van der Waals surface area contributed by atoms with E-state index in [4.69, 9.17) is 23.2 Å². The molecule has 0 spiro atoms. The van der Waals surface area contributed by atoms with E-state index in [0.717, 1.165) is 24.5 Å². The molecule has 118 valence electrons. The van der Waals surface area contributed by atoms with E-state index < -0.39 is 0 Å².